The molecule has 0 spiro atoms. The predicted molar refractivity (Wildman–Crippen MR) is 117 cm³/mol. The zero-order valence-electron chi connectivity index (χ0n) is 17.1. The number of nitrogens with zero attached hydrogens (tertiary/aromatic N) is 1. The Morgan fingerprint density at radius 2 is 1.87 bits per heavy atom. The van der Waals surface area contributed by atoms with Crippen LogP contribution in [0.5, 0.6) is 11.5 Å². The second-order valence-electron chi connectivity index (χ2n) is 7.58. The molecule has 0 unspecified atom stereocenters. The zero-order valence-corrected chi connectivity index (χ0v) is 17.9. The van der Waals surface area contributed by atoms with Crippen LogP contribution in [0.25, 0.3) is 0 Å². The van der Waals surface area contributed by atoms with Gasteiger partial charge >= 0.3 is 0 Å². The number of carbonyl (C=O) groups excluding carboxylic acids is 3. The first-order valence-corrected chi connectivity index (χ1v) is 11.3. The van der Waals surface area contributed by atoms with Crippen LogP contribution in [0.3, 0.4) is 0 Å². The van der Waals surface area contributed by atoms with E-state index in [1.165, 1.54) is 22.7 Å². The number of fused-ring (bicyclic) bond motifs is 1. The van der Waals surface area contributed by atoms with Gasteiger partial charge in [-0.2, -0.15) is 0 Å². The standard InChI is InChI=1S/C22H25N3O5S/c26-20(24-15-5-2-1-3-6-15)13-25(16-8-9-17-18(11-16)30-14-29-17)21(27)12-23-22(28)19-7-4-10-31-19/h4,7-11,15H,1-3,5-6,12-14H2,(H,23,28)(H,24,26). The van der Waals surface area contributed by atoms with Crippen LogP contribution < -0.4 is 25.0 Å². The van der Waals surface area contributed by atoms with E-state index >= 15 is 0 Å². The summed E-state index contributed by atoms with van der Waals surface area (Å²) in [5.74, 6) is 0.185. The topological polar surface area (TPSA) is 97.0 Å². The van der Waals surface area contributed by atoms with Gasteiger partial charge in [0, 0.05) is 17.8 Å². The van der Waals surface area contributed by atoms with Gasteiger partial charge in [-0.1, -0.05) is 25.3 Å². The summed E-state index contributed by atoms with van der Waals surface area (Å²) in [6.45, 7) is -0.239. The lowest BCUT2D eigenvalue weighted by Crippen LogP contribution is -2.47. The van der Waals surface area contributed by atoms with Gasteiger partial charge in [0.1, 0.15) is 6.54 Å². The van der Waals surface area contributed by atoms with E-state index in [1.807, 2.05) is 0 Å². The monoisotopic (exact) mass is 443 g/mol. The van der Waals surface area contributed by atoms with Crippen LogP contribution >= 0.6 is 11.3 Å². The Labute approximate surface area is 184 Å². The molecule has 8 nitrogen and oxygen atoms in total. The minimum atomic E-state index is -0.387. The maximum atomic E-state index is 13.0. The number of amides is 3. The Morgan fingerprint density at radius 3 is 2.65 bits per heavy atom. The smallest absolute Gasteiger partial charge is 0.261 e. The van der Waals surface area contributed by atoms with E-state index in [1.54, 1.807) is 35.7 Å². The maximum absolute atomic E-state index is 13.0. The maximum Gasteiger partial charge on any atom is 0.261 e. The molecule has 1 aromatic heterocycles. The van der Waals surface area contributed by atoms with Crippen molar-refractivity contribution in [3.05, 3.63) is 40.6 Å². The number of anilines is 1. The van der Waals surface area contributed by atoms with E-state index in [4.69, 9.17) is 9.47 Å². The van der Waals surface area contributed by atoms with Gasteiger partial charge in [-0.15, -0.1) is 11.3 Å². The SMILES string of the molecule is O=C(CN(C(=O)CNC(=O)c1cccs1)c1ccc2c(c1)OCO2)NC1CCCCC1. The summed E-state index contributed by atoms with van der Waals surface area (Å²) in [5.41, 5.74) is 0.512. The lowest BCUT2D eigenvalue weighted by molar-refractivity contribution is -0.124. The highest BCUT2D eigenvalue weighted by molar-refractivity contribution is 7.12. The van der Waals surface area contributed by atoms with Gasteiger partial charge in [-0.25, -0.2) is 0 Å². The van der Waals surface area contributed by atoms with Crippen molar-refractivity contribution in [1.29, 1.82) is 0 Å². The van der Waals surface area contributed by atoms with E-state index in [9.17, 15) is 14.4 Å². The van der Waals surface area contributed by atoms with E-state index in [0.29, 0.717) is 22.1 Å². The fraction of sp³-hybridized carbons (Fsp3) is 0.409. The number of hydrogen-bond donors (Lipinski definition) is 2. The van der Waals surface area contributed by atoms with Crippen molar-refractivity contribution in [2.45, 2.75) is 38.1 Å². The number of rotatable bonds is 7. The Bertz CT molecular complexity index is 941. The van der Waals surface area contributed by atoms with Crippen molar-refractivity contribution in [1.82, 2.24) is 10.6 Å². The molecule has 0 radical (unpaired) electrons. The third kappa shape index (κ3) is 5.35. The van der Waals surface area contributed by atoms with E-state index in [-0.39, 0.29) is 43.6 Å². The number of nitrogens with one attached hydrogen (secondary N) is 2. The molecule has 3 amide bonds. The minimum absolute atomic E-state index is 0.117. The number of ether oxygens (including phenoxy) is 2. The van der Waals surface area contributed by atoms with Gasteiger partial charge in [-0.3, -0.25) is 14.4 Å². The van der Waals surface area contributed by atoms with Crippen molar-refractivity contribution >= 4 is 34.7 Å². The third-order valence-corrected chi connectivity index (χ3v) is 6.25. The first-order valence-electron chi connectivity index (χ1n) is 10.4. The molecule has 1 aliphatic heterocycles. The van der Waals surface area contributed by atoms with Crippen molar-refractivity contribution in [3.8, 4) is 11.5 Å². The molecule has 0 bridgehead atoms. The zero-order chi connectivity index (χ0) is 21.6. The largest absolute Gasteiger partial charge is 0.454 e. The van der Waals surface area contributed by atoms with Crippen LogP contribution in [0.4, 0.5) is 5.69 Å². The van der Waals surface area contributed by atoms with Crippen molar-refractivity contribution in [2.24, 2.45) is 0 Å². The van der Waals surface area contributed by atoms with Gasteiger partial charge in [0.2, 0.25) is 18.6 Å². The molecule has 1 aliphatic carbocycles. The van der Waals surface area contributed by atoms with E-state index in [2.05, 4.69) is 10.6 Å². The Hall–Kier alpha value is -3.07. The molecule has 1 fully saturated rings. The normalized spacial score (nSPS) is 15.4. The second kappa shape index (κ2) is 9.82. The summed E-state index contributed by atoms with van der Waals surface area (Å²) < 4.78 is 10.7. The second-order valence-corrected chi connectivity index (χ2v) is 8.53. The third-order valence-electron chi connectivity index (χ3n) is 5.39. The van der Waals surface area contributed by atoms with Crippen molar-refractivity contribution in [2.75, 3.05) is 24.8 Å². The van der Waals surface area contributed by atoms with Gasteiger partial charge < -0.3 is 25.0 Å². The minimum Gasteiger partial charge on any atom is -0.454 e. The summed E-state index contributed by atoms with van der Waals surface area (Å²) >= 11 is 1.30. The first-order chi connectivity index (χ1) is 15.1. The summed E-state index contributed by atoms with van der Waals surface area (Å²) in [4.78, 5) is 39.8. The number of carbonyl (C=O) groups is 3. The van der Waals surface area contributed by atoms with Crippen LogP contribution in [0.1, 0.15) is 41.8 Å². The number of thiophene rings is 1. The molecule has 0 atom stereocenters. The van der Waals surface area contributed by atoms with Crippen LogP contribution in [0, 0.1) is 0 Å². The molecule has 2 N–H and O–H groups in total. The summed E-state index contributed by atoms with van der Waals surface area (Å²) in [5, 5.41) is 7.47. The predicted octanol–water partition coefficient (Wildman–Crippen LogP) is 2.69. The van der Waals surface area contributed by atoms with Gasteiger partial charge in [0.15, 0.2) is 11.5 Å². The van der Waals surface area contributed by atoms with E-state index in [0.717, 1.165) is 25.7 Å². The van der Waals surface area contributed by atoms with Crippen LogP contribution in [0.2, 0.25) is 0 Å². The Balaban J connectivity index is 1.45. The van der Waals surface area contributed by atoms with Crippen molar-refractivity contribution < 1.29 is 23.9 Å². The highest BCUT2D eigenvalue weighted by Gasteiger charge is 2.24. The molecule has 1 saturated carbocycles. The lowest BCUT2D eigenvalue weighted by Gasteiger charge is -2.26. The molecule has 31 heavy (non-hydrogen) atoms. The number of hydrogen-bond acceptors (Lipinski definition) is 6. The van der Waals surface area contributed by atoms with Crippen LogP contribution in [-0.4, -0.2) is 43.6 Å². The summed E-state index contributed by atoms with van der Waals surface area (Å²) in [6.07, 6.45) is 5.31. The first kappa shape index (κ1) is 21.2. The Kier molecular flexibility index (Phi) is 6.71. The van der Waals surface area contributed by atoms with Crippen LogP contribution in [-0.2, 0) is 9.59 Å². The van der Waals surface area contributed by atoms with Gasteiger partial charge in [-0.05, 0) is 36.4 Å². The molecule has 2 aromatic rings. The quantitative estimate of drug-likeness (QED) is 0.686. The summed E-state index contributed by atoms with van der Waals surface area (Å²) in [6, 6.07) is 8.71. The molecule has 4 rings (SSSR count). The molecule has 1 aromatic carbocycles. The average molecular weight is 444 g/mol. The number of benzene rings is 1. The lowest BCUT2D eigenvalue weighted by atomic mass is 9.95. The van der Waals surface area contributed by atoms with Gasteiger partial charge in [0.05, 0.1) is 11.4 Å². The average Bonchev–Trinajstić information content (AvgIpc) is 3.48. The molecular formula is C22H25N3O5S. The molecule has 2 aliphatic rings. The van der Waals surface area contributed by atoms with Gasteiger partial charge in [0.25, 0.3) is 5.91 Å². The fourth-order valence-electron chi connectivity index (χ4n) is 3.79. The molecule has 2 heterocycles. The Morgan fingerprint density at radius 1 is 1.06 bits per heavy atom. The highest BCUT2D eigenvalue weighted by Crippen LogP contribution is 2.35. The van der Waals surface area contributed by atoms with E-state index < -0.39 is 0 Å². The van der Waals surface area contributed by atoms with Crippen molar-refractivity contribution in [3.63, 3.8) is 0 Å². The molecule has 9 heteroatoms. The molecular weight excluding hydrogens is 418 g/mol. The fourth-order valence-corrected chi connectivity index (χ4v) is 4.43. The molecule has 0 saturated heterocycles. The van der Waals surface area contributed by atoms with Crippen LogP contribution in [0.15, 0.2) is 35.7 Å². The highest BCUT2D eigenvalue weighted by atomic mass is 32.1. The summed E-state index contributed by atoms with van der Waals surface area (Å²) in [7, 11) is 0. The molecule has 164 valence electrons.